The van der Waals surface area contributed by atoms with Crippen molar-refractivity contribution in [3.63, 3.8) is 0 Å². The Morgan fingerprint density at radius 2 is 2.00 bits per heavy atom. The van der Waals surface area contributed by atoms with Crippen molar-refractivity contribution in [3.05, 3.63) is 28.8 Å². The van der Waals surface area contributed by atoms with Crippen LogP contribution in [0.25, 0.3) is 0 Å². The first-order valence-corrected chi connectivity index (χ1v) is 8.91. The highest BCUT2D eigenvalue weighted by atomic mass is 16.6. The van der Waals surface area contributed by atoms with Crippen molar-refractivity contribution in [1.29, 1.82) is 0 Å². The SMILES string of the molecule is CCOC(=O)N1CCc2cc(CN(CC)CC)c(OC)cc2C1C. The minimum Gasteiger partial charge on any atom is -0.496 e. The third kappa shape index (κ3) is 3.83. The van der Waals surface area contributed by atoms with Gasteiger partial charge in [0.2, 0.25) is 0 Å². The van der Waals surface area contributed by atoms with Crippen LogP contribution in [0.1, 0.15) is 50.4 Å². The molecule has 1 unspecified atom stereocenters. The maximum atomic E-state index is 12.1. The predicted octanol–water partition coefficient (Wildman–Crippen LogP) is 3.61. The van der Waals surface area contributed by atoms with Gasteiger partial charge in [0.1, 0.15) is 5.75 Å². The summed E-state index contributed by atoms with van der Waals surface area (Å²) in [5, 5.41) is 0. The number of rotatable bonds is 6. The average molecular weight is 334 g/mol. The van der Waals surface area contributed by atoms with Gasteiger partial charge in [0.25, 0.3) is 0 Å². The molecule has 2 rings (SSSR count). The summed E-state index contributed by atoms with van der Waals surface area (Å²) in [6.07, 6.45) is 0.620. The Hall–Kier alpha value is -1.75. The van der Waals surface area contributed by atoms with E-state index in [0.717, 1.165) is 37.4 Å². The topological polar surface area (TPSA) is 42.0 Å². The summed E-state index contributed by atoms with van der Waals surface area (Å²) in [5.74, 6) is 0.901. The second-order valence-corrected chi connectivity index (χ2v) is 6.14. The van der Waals surface area contributed by atoms with Crippen LogP contribution in [-0.4, -0.2) is 49.2 Å². The van der Waals surface area contributed by atoms with E-state index in [1.807, 2.05) is 6.92 Å². The number of hydrogen-bond donors (Lipinski definition) is 0. The van der Waals surface area contributed by atoms with Crippen molar-refractivity contribution in [2.45, 2.75) is 46.7 Å². The number of methoxy groups -OCH3 is 1. The lowest BCUT2D eigenvalue weighted by atomic mass is 9.91. The van der Waals surface area contributed by atoms with Crippen molar-refractivity contribution in [2.24, 2.45) is 0 Å². The molecule has 0 aromatic heterocycles. The number of carbonyl (C=O) groups excluding carboxylic acids is 1. The van der Waals surface area contributed by atoms with Gasteiger partial charge in [-0.05, 0) is 50.6 Å². The molecular formula is C19H30N2O3. The molecule has 0 N–H and O–H groups in total. The van der Waals surface area contributed by atoms with Gasteiger partial charge in [0, 0.05) is 18.7 Å². The minimum absolute atomic E-state index is 0.00389. The molecule has 0 saturated carbocycles. The summed E-state index contributed by atoms with van der Waals surface area (Å²) in [6.45, 7) is 12.3. The Labute approximate surface area is 145 Å². The maximum Gasteiger partial charge on any atom is 0.410 e. The van der Waals surface area contributed by atoms with E-state index in [9.17, 15) is 4.79 Å². The third-order valence-electron chi connectivity index (χ3n) is 4.87. The molecule has 0 aliphatic carbocycles. The first-order valence-electron chi connectivity index (χ1n) is 8.91. The van der Waals surface area contributed by atoms with Crippen LogP contribution >= 0.6 is 0 Å². The fourth-order valence-electron chi connectivity index (χ4n) is 3.36. The zero-order chi connectivity index (χ0) is 17.7. The zero-order valence-corrected chi connectivity index (χ0v) is 15.6. The molecule has 0 spiro atoms. The van der Waals surface area contributed by atoms with Crippen LogP contribution in [0.3, 0.4) is 0 Å². The molecule has 1 aromatic rings. The van der Waals surface area contributed by atoms with Gasteiger partial charge in [-0.25, -0.2) is 4.79 Å². The Morgan fingerprint density at radius 1 is 1.29 bits per heavy atom. The van der Waals surface area contributed by atoms with Gasteiger partial charge in [0.05, 0.1) is 19.8 Å². The number of ether oxygens (including phenoxy) is 2. The molecule has 0 saturated heterocycles. The summed E-state index contributed by atoms with van der Waals surface area (Å²) in [7, 11) is 1.71. The molecule has 0 radical (unpaired) electrons. The Bertz CT molecular complexity index is 570. The fourth-order valence-corrected chi connectivity index (χ4v) is 3.36. The molecule has 0 fully saturated rings. The molecule has 1 atom stereocenters. The lowest BCUT2D eigenvalue weighted by molar-refractivity contribution is 0.0901. The number of hydrogen-bond acceptors (Lipinski definition) is 4. The van der Waals surface area contributed by atoms with Crippen LogP contribution in [0.2, 0.25) is 0 Å². The van der Waals surface area contributed by atoms with E-state index in [0.29, 0.717) is 13.2 Å². The molecule has 5 heteroatoms. The van der Waals surface area contributed by atoms with E-state index in [1.165, 1.54) is 11.1 Å². The van der Waals surface area contributed by atoms with E-state index in [4.69, 9.17) is 9.47 Å². The van der Waals surface area contributed by atoms with Crippen LogP contribution in [0.15, 0.2) is 12.1 Å². The van der Waals surface area contributed by atoms with Gasteiger partial charge in [-0.3, -0.25) is 4.90 Å². The van der Waals surface area contributed by atoms with Gasteiger partial charge in [-0.15, -0.1) is 0 Å². The molecule has 1 heterocycles. The largest absolute Gasteiger partial charge is 0.496 e. The van der Waals surface area contributed by atoms with Gasteiger partial charge in [-0.1, -0.05) is 19.9 Å². The number of nitrogens with zero attached hydrogens (tertiary/aromatic N) is 2. The highest BCUT2D eigenvalue weighted by Gasteiger charge is 2.29. The summed E-state index contributed by atoms with van der Waals surface area (Å²) in [6, 6.07) is 4.36. The van der Waals surface area contributed by atoms with Crippen molar-refractivity contribution >= 4 is 6.09 Å². The fraction of sp³-hybridized carbons (Fsp3) is 0.632. The molecule has 5 nitrogen and oxygen atoms in total. The monoisotopic (exact) mass is 334 g/mol. The van der Waals surface area contributed by atoms with Gasteiger partial charge in [-0.2, -0.15) is 0 Å². The van der Waals surface area contributed by atoms with Crippen LogP contribution in [0.5, 0.6) is 5.75 Å². The number of benzene rings is 1. The van der Waals surface area contributed by atoms with E-state index < -0.39 is 0 Å². The molecule has 1 aliphatic rings. The summed E-state index contributed by atoms with van der Waals surface area (Å²) < 4.78 is 10.8. The van der Waals surface area contributed by atoms with E-state index in [1.54, 1.807) is 12.0 Å². The zero-order valence-electron chi connectivity index (χ0n) is 15.6. The first-order chi connectivity index (χ1) is 11.5. The van der Waals surface area contributed by atoms with Crippen molar-refractivity contribution < 1.29 is 14.3 Å². The van der Waals surface area contributed by atoms with Crippen LogP contribution in [0, 0.1) is 0 Å². The normalized spacial score (nSPS) is 16.9. The predicted molar refractivity (Wildman–Crippen MR) is 95.5 cm³/mol. The molecule has 24 heavy (non-hydrogen) atoms. The number of amides is 1. The maximum absolute atomic E-state index is 12.1. The van der Waals surface area contributed by atoms with Crippen molar-refractivity contribution in [2.75, 3.05) is 33.4 Å². The van der Waals surface area contributed by atoms with Gasteiger partial charge < -0.3 is 14.4 Å². The summed E-state index contributed by atoms with van der Waals surface area (Å²) in [5.41, 5.74) is 3.69. The molecule has 0 bridgehead atoms. The van der Waals surface area contributed by atoms with Crippen LogP contribution < -0.4 is 4.74 Å². The number of fused-ring (bicyclic) bond motifs is 1. The Balaban J connectivity index is 2.30. The molecule has 1 aromatic carbocycles. The molecule has 1 amide bonds. The second-order valence-electron chi connectivity index (χ2n) is 6.14. The van der Waals surface area contributed by atoms with E-state index in [2.05, 4.69) is 37.8 Å². The Morgan fingerprint density at radius 3 is 2.58 bits per heavy atom. The second kappa shape index (κ2) is 8.38. The van der Waals surface area contributed by atoms with Crippen molar-refractivity contribution in [1.82, 2.24) is 9.80 Å². The van der Waals surface area contributed by atoms with Gasteiger partial charge >= 0.3 is 6.09 Å². The lowest BCUT2D eigenvalue weighted by Crippen LogP contribution is -2.39. The standard InChI is InChI=1S/C19H30N2O3/c1-6-20(7-2)13-16-11-15-9-10-21(19(22)24-8-3)14(4)17(15)12-18(16)23-5/h11-12,14H,6-10,13H2,1-5H3. The molecule has 1 aliphatic heterocycles. The van der Waals surface area contributed by atoms with Crippen LogP contribution in [0.4, 0.5) is 4.79 Å². The lowest BCUT2D eigenvalue weighted by Gasteiger charge is -2.35. The third-order valence-corrected chi connectivity index (χ3v) is 4.87. The molecular weight excluding hydrogens is 304 g/mol. The smallest absolute Gasteiger partial charge is 0.410 e. The quantitative estimate of drug-likeness (QED) is 0.797. The first kappa shape index (κ1) is 18.6. The minimum atomic E-state index is -0.234. The number of carbonyl (C=O) groups is 1. The average Bonchev–Trinajstić information content (AvgIpc) is 2.59. The highest BCUT2D eigenvalue weighted by Crippen LogP contribution is 2.35. The van der Waals surface area contributed by atoms with E-state index in [-0.39, 0.29) is 12.1 Å². The van der Waals surface area contributed by atoms with Crippen molar-refractivity contribution in [3.8, 4) is 5.75 Å². The summed E-state index contributed by atoms with van der Waals surface area (Å²) in [4.78, 5) is 16.3. The Kier molecular flexibility index (Phi) is 6.49. The molecule has 134 valence electrons. The highest BCUT2D eigenvalue weighted by molar-refractivity contribution is 5.69. The van der Waals surface area contributed by atoms with Gasteiger partial charge in [0.15, 0.2) is 0 Å². The van der Waals surface area contributed by atoms with E-state index >= 15 is 0 Å². The summed E-state index contributed by atoms with van der Waals surface area (Å²) >= 11 is 0. The van der Waals surface area contributed by atoms with Crippen LogP contribution in [-0.2, 0) is 17.7 Å².